The molecule has 0 aliphatic heterocycles. The Hall–Kier alpha value is -1.25. The van der Waals surface area contributed by atoms with Crippen molar-refractivity contribution in [3.8, 4) is 0 Å². The van der Waals surface area contributed by atoms with Crippen LogP contribution in [0.25, 0.3) is 0 Å². The summed E-state index contributed by atoms with van der Waals surface area (Å²) in [4.78, 5) is 37.5. The van der Waals surface area contributed by atoms with Gasteiger partial charge in [0, 0.05) is 12.8 Å². The third kappa shape index (κ3) is 42.2. The minimum atomic E-state index is -4.62. The van der Waals surface area contributed by atoms with Gasteiger partial charge in [0.05, 0.1) is 27.7 Å². The third-order valence-electron chi connectivity index (χ3n) is 10.0. The number of carbonyl (C=O) groups excluding carboxylic acids is 2. The summed E-state index contributed by atoms with van der Waals surface area (Å²) in [6, 6.07) is 0. The van der Waals surface area contributed by atoms with E-state index in [2.05, 4.69) is 26.0 Å². The van der Waals surface area contributed by atoms with Crippen molar-refractivity contribution < 1.29 is 42.1 Å². The first-order chi connectivity index (χ1) is 26.5. The fourth-order valence-corrected chi connectivity index (χ4v) is 7.13. The molecule has 55 heavy (non-hydrogen) atoms. The van der Waals surface area contributed by atoms with Crippen LogP contribution in [-0.2, 0) is 32.7 Å². The largest absolute Gasteiger partial charge is 0.756 e. The summed E-state index contributed by atoms with van der Waals surface area (Å²) in [5.74, 6) is -0.826. The Balaban J connectivity index is 4.30. The van der Waals surface area contributed by atoms with Crippen LogP contribution < -0.4 is 4.89 Å². The molecule has 0 radical (unpaired) electrons. The van der Waals surface area contributed by atoms with Gasteiger partial charge in [-0.2, -0.15) is 0 Å². The van der Waals surface area contributed by atoms with E-state index >= 15 is 0 Å². The normalized spacial score (nSPS) is 13.6. The average Bonchev–Trinajstić information content (AvgIpc) is 3.13. The molecule has 0 aliphatic rings. The van der Waals surface area contributed by atoms with Gasteiger partial charge in [-0.15, -0.1) is 0 Å². The van der Waals surface area contributed by atoms with Crippen LogP contribution >= 0.6 is 7.82 Å². The van der Waals surface area contributed by atoms with Crippen LogP contribution in [0.2, 0.25) is 0 Å². The highest BCUT2D eigenvalue weighted by Crippen LogP contribution is 2.38. The molecule has 0 spiro atoms. The molecule has 1 unspecified atom stereocenters. The van der Waals surface area contributed by atoms with Gasteiger partial charge in [-0.3, -0.25) is 14.2 Å². The van der Waals surface area contributed by atoms with Crippen LogP contribution in [0.15, 0.2) is 12.2 Å². The van der Waals surface area contributed by atoms with Gasteiger partial charge in [-0.1, -0.05) is 180 Å². The average molecular weight is 802 g/mol. The number of allylic oxidation sites excluding steroid dienone is 2. The number of hydrogen-bond acceptors (Lipinski definition) is 8. The number of carbonyl (C=O) groups is 2. The van der Waals surface area contributed by atoms with Gasteiger partial charge in [-0.05, 0) is 32.1 Å². The van der Waals surface area contributed by atoms with Crippen molar-refractivity contribution in [1.82, 2.24) is 0 Å². The smallest absolute Gasteiger partial charge is 0.306 e. The first-order valence-corrected chi connectivity index (χ1v) is 24.4. The molecule has 0 aromatic heterocycles. The molecule has 0 heterocycles. The monoisotopic (exact) mass is 802 g/mol. The molecule has 2 atom stereocenters. The van der Waals surface area contributed by atoms with Crippen molar-refractivity contribution >= 4 is 19.8 Å². The van der Waals surface area contributed by atoms with E-state index in [1.165, 1.54) is 148 Å². The number of esters is 2. The van der Waals surface area contributed by atoms with Gasteiger partial charge < -0.3 is 27.9 Å². The summed E-state index contributed by atoms with van der Waals surface area (Å²) in [7, 11) is 1.18. The van der Waals surface area contributed by atoms with Crippen LogP contribution in [-0.4, -0.2) is 70.0 Å². The summed E-state index contributed by atoms with van der Waals surface area (Å²) >= 11 is 0. The topological polar surface area (TPSA) is 111 Å². The Morgan fingerprint density at radius 3 is 1.40 bits per heavy atom. The number of phosphoric ester groups is 1. The fourth-order valence-electron chi connectivity index (χ4n) is 6.40. The van der Waals surface area contributed by atoms with E-state index in [0.717, 1.165) is 32.1 Å². The van der Waals surface area contributed by atoms with E-state index in [-0.39, 0.29) is 32.0 Å². The van der Waals surface area contributed by atoms with Crippen molar-refractivity contribution in [3.63, 3.8) is 0 Å². The molecule has 0 aromatic carbocycles. The van der Waals surface area contributed by atoms with Crippen LogP contribution in [0.4, 0.5) is 0 Å². The summed E-state index contributed by atoms with van der Waals surface area (Å²) < 4.78 is 33.9. The second kappa shape index (κ2) is 38.3. The SMILES string of the molecule is CCCC/C=C/CCCCCCCCCCCC(=O)OC[C@H](COP(=O)([O-])OCC[N+](C)(C)C)OC(=O)CCCCCCCCCCCCCCCCCC. The molecule has 0 saturated carbocycles. The Kier molecular flexibility index (Phi) is 37.4. The number of nitrogens with zero attached hydrogens (tertiary/aromatic N) is 1. The number of phosphoric acid groups is 1. The van der Waals surface area contributed by atoms with Gasteiger partial charge in [-0.25, -0.2) is 0 Å². The fraction of sp³-hybridized carbons (Fsp3) is 0.911. The third-order valence-corrected chi connectivity index (χ3v) is 11.0. The lowest BCUT2D eigenvalue weighted by Crippen LogP contribution is -2.37. The predicted molar refractivity (Wildman–Crippen MR) is 227 cm³/mol. The molecule has 0 aliphatic carbocycles. The van der Waals surface area contributed by atoms with E-state index in [9.17, 15) is 19.0 Å². The van der Waals surface area contributed by atoms with Crippen LogP contribution in [0, 0.1) is 0 Å². The van der Waals surface area contributed by atoms with Gasteiger partial charge in [0.15, 0.2) is 6.10 Å². The Bertz CT molecular complexity index is 954. The van der Waals surface area contributed by atoms with Crippen LogP contribution in [0.3, 0.4) is 0 Å². The zero-order chi connectivity index (χ0) is 40.7. The quantitative estimate of drug-likeness (QED) is 0.0197. The first-order valence-electron chi connectivity index (χ1n) is 22.9. The minimum absolute atomic E-state index is 0.0277. The first kappa shape index (κ1) is 53.8. The van der Waals surface area contributed by atoms with Crippen LogP contribution in [0.1, 0.15) is 213 Å². The van der Waals surface area contributed by atoms with Crippen molar-refractivity contribution in [3.05, 3.63) is 12.2 Å². The molecular weight excluding hydrogens is 713 g/mol. The molecule has 0 saturated heterocycles. The summed E-state index contributed by atoms with van der Waals surface area (Å²) in [6.45, 7) is 4.23. The van der Waals surface area contributed by atoms with Gasteiger partial charge >= 0.3 is 11.9 Å². The molecule has 0 aromatic rings. The molecule has 0 bridgehead atoms. The lowest BCUT2D eigenvalue weighted by molar-refractivity contribution is -0.870. The van der Waals surface area contributed by atoms with E-state index in [4.69, 9.17) is 18.5 Å². The zero-order valence-corrected chi connectivity index (χ0v) is 37.5. The molecule has 0 amide bonds. The lowest BCUT2D eigenvalue weighted by atomic mass is 10.0. The Morgan fingerprint density at radius 1 is 0.545 bits per heavy atom. The molecule has 0 fully saturated rings. The molecule has 0 N–H and O–H groups in total. The zero-order valence-electron chi connectivity index (χ0n) is 36.6. The number of rotatable bonds is 42. The van der Waals surface area contributed by atoms with Crippen LogP contribution in [0.5, 0.6) is 0 Å². The highest BCUT2D eigenvalue weighted by atomic mass is 31.2. The Labute approximate surface area is 339 Å². The minimum Gasteiger partial charge on any atom is -0.756 e. The highest BCUT2D eigenvalue weighted by Gasteiger charge is 2.21. The number of unbranched alkanes of at least 4 members (excludes halogenated alkanes) is 26. The number of hydrogen-bond donors (Lipinski definition) is 0. The number of ether oxygens (including phenoxy) is 2. The van der Waals surface area contributed by atoms with E-state index < -0.39 is 26.5 Å². The van der Waals surface area contributed by atoms with E-state index in [0.29, 0.717) is 17.4 Å². The lowest BCUT2D eigenvalue weighted by Gasteiger charge is -2.28. The van der Waals surface area contributed by atoms with E-state index in [1.54, 1.807) is 0 Å². The Morgan fingerprint density at radius 2 is 0.945 bits per heavy atom. The molecule has 0 rings (SSSR count). The second-order valence-corrected chi connectivity index (χ2v) is 18.2. The summed E-state index contributed by atoms with van der Waals surface area (Å²) in [5, 5.41) is 0. The highest BCUT2D eigenvalue weighted by molar-refractivity contribution is 7.45. The number of quaternary nitrogens is 1. The standard InChI is InChI=1S/C45H88NO8P/c1-6-8-10-12-14-16-18-20-22-24-26-28-30-32-34-36-38-45(48)54-43(42-53-55(49,50)52-40-39-46(3,4)5)41-51-44(47)37-35-33-31-29-27-25-23-21-19-17-15-13-11-9-7-2/h13,15,43H,6-12,14,16-42H2,1-5H3/b15-13+/t43-/m1/s1. The summed E-state index contributed by atoms with van der Waals surface area (Å²) in [6.07, 6.45) is 39.4. The van der Waals surface area contributed by atoms with Gasteiger partial charge in [0.1, 0.15) is 19.8 Å². The van der Waals surface area contributed by atoms with Gasteiger partial charge in [0.2, 0.25) is 0 Å². The number of likely N-dealkylation sites (N-methyl/N-ethyl adjacent to an activating group) is 1. The van der Waals surface area contributed by atoms with Crippen molar-refractivity contribution in [1.29, 1.82) is 0 Å². The molecular formula is C45H88NO8P. The van der Waals surface area contributed by atoms with Crippen molar-refractivity contribution in [2.24, 2.45) is 0 Å². The molecule has 9 nitrogen and oxygen atoms in total. The maximum Gasteiger partial charge on any atom is 0.306 e. The predicted octanol–water partition coefficient (Wildman–Crippen LogP) is 12.3. The molecule has 326 valence electrons. The van der Waals surface area contributed by atoms with Crippen molar-refractivity contribution in [2.45, 2.75) is 219 Å². The maximum atomic E-state index is 12.7. The summed E-state index contributed by atoms with van der Waals surface area (Å²) in [5.41, 5.74) is 0. The van der Waals surface area contributed by atoms with Gasteiger partial charge in [0.25, 0.3) is 7.82 Å². The van der Waals surface area contributed by atoms with E-state index in [1.807, 2.05) is 21.1 Å². The maximum absolute atomic E-state index is 12.7. The molecule has 10 heteroatoms. The second-order valence-electron chi connectivity index (χ2n) is 16.8. The van der Waals surface area contributed by atoms with Crippen molar-refractivity contribution in [2.75, 3.05) is 47.5 Å².